The molecule has 3 nitrogen and oxygen atoms in total. The van der Waals surface area contributed by atoms with Crippen molar-refractivity contribution in [3.05, 3.63) is 28.2 Å². The highest BCUT2D eigenvalue weighted by atomic mass is 79.9. The largest absolute Gasteiger partial charge is 0.326 e. The molecule has 17 heavy (non-hydrogen) atoms. The standard InChI is InChI=1S/C13H17BrN2O/c1-8-3-4-10(14)7-12(8)16-13(17)11-5-6-15-9(11)2/h3-4,7,9,11,15H,5-6H2,1-2H3,(H,16,17). The monoisotopic (exact) mass is 296 g/mol. The maximum Gasteiger partial charge on any atom is 0.229 e. The molecule has 0 spiro atoms. The van der Waals surface area contributed by atoms with Crippen LogP contribution in [0.5, 0.6) is 0 Å². The Hall–Kier alpha value is -0.870. The fourth-order valence-corrected chi connectivity index (χ4v) is 2.53. The van der Waals surface area contributed by atoms with E-state index in [1.807, 2.05) is 25.1 Å². The van der Waals surface area contributed by atoms with Crippen molar-refractivity contribution in [1.82, 2.24) is 5.32 Å². The minimum atomic E-state index is 0.0772. The average Bonchev–Trinajstić information content (AvgIpc) is 2.70. The smallest absolute Gasteiger partial charge is 0.229 e. The predicted molar refractivity (Wildman–Crippen MR) is 73.1 cm³/mol. The van der Waals surface area contributed by atoms with Gasteiger partial charge in [0.1, 0.15) is 0 Å². The molecule has 4 heteroatoms. The zero-order chi connectivity index (χ0) is 12.4. The summed E-state index contributed by atoms with van der Waals surface area (Å²) in [5.74, 6) is 0.192. The first-order chi connectivity index (χ1) is 8.08. The van der Waals surface area contributed by atoms with Crippen LogP contribution in [-0.2, 0) is 4.79 Å². The van der Waals surface area contributed by atoms with Gasteiger partial charge in [-0.1, -0.05) is 22.0 Å². The molecule has 1 heterocycles. The van der Waals surface area contributed by atoms with Crippen LogP contribution in [0.25, 0.3) is 0 Å². The Balaban J connectivity index is 2.10. The Kier molecular flexibility index (Phi) is 3.84. The third-order valence-corrected chi connectivity index (χ3v) is 3.81. The van der Waals surface area contributed by atoms with Crippen molar-refractivity contribution in [2.75, 3.05) is 11.9 Å². The number of aryl methyl sites for hydroxylation is 1. The van der Waals surface area contributed by atoms with E-state index in [9.17, 15) is 4.79 Å². The molecule has 1 saturated heterocycles. The van der Waals surface area contributed by atoms with Gasteiger partial charge in [-0.2, -0.15) is 0 Å². The molecule has 0 bridgehead atoms. The van der Waals surface area contributed by atoms with E-state index < -0.39 is 0 Å². The summed E-state index contributed by atoms with van der Waals surface area (Å²) in [6.07, 6.45) is 0.917. The molecule has 92 valence electrons. The molecule has 1 fully saturated rings. The minimum absolute atomic E-state index is 0.0772. The fraction of sp³-hybridized carbons (Fsp3) is 0.462. The molecule has 0 radical (unpaired) electrons. The van der Waals surface area contributed by atoms with Crippen molar-refractivity contribution in [2.24, 2.45) is 5.92 Å². The number of carbonyl (C=O) groups excluding carboxylic acids is 1. The second-order valence-corrected chi connectivity index (χ2v) is 5.50. The Morgan fingerprint density at radius 1 is 1.53 bits per heavy atom. The van der Waals surface area contributed by atoms with Crippen molar-refractivity contribution in [2.45, 2.75) is 26.3 Å². The molecule has 2 atom stereocenters. The average molecular weight is 297 g/mol. The molecule has 0 saturated carbocycles. The summed E-state index contributed by atoms with van der Waals surface area (Å²) in [6.45, 7) is 4.99. The lowest BCUT2D eigenvalue weighted by molar-refractivity contribution is -0.120. The van der Waals surface area contributed by atoms with E-state index in [0.717, 1.165) is 28.7 Å². The Morgan fingerprint density at radius 2 is 2.29 bits per heavy atom. The van der Waals surface area contributed by atoms with Gasteiger partial charge in [-0.3, -0.25) is 4.79 Å². The van der Waals surface area contributed by atoms with Gasteiger partial charge >= 0.3 is 0 Å². The first kappa shape index (κ1) is 12.6. The van der Waals surface area contributed by atoms with Crippen LogP contribution in [0.1, 0.15) is 18.9 Å². The Labute approximate surface area is 110 Å². The van der Waals surface area contributed by atoms with Gasteiger partial charge in [0.05, 0.1) is 5.92 Å². The highest BCUT2D eigenvalue weighted by molar-refractivity contribution is 9.10. The van der Waals surface area contributed by atoms with Crippen LogP contribution in [0, 0.1) is 12.8 Å². The number of carbonyl (C=O) groups is 1. The molecule has 1 aromatic carbocycles. The first-order valence-corrected chi connectivity index (χ1v) is 6.67. The van der Waals surface area contributed by atoms with E-state index in [1.165, 1.54) is 0 Å². The normalized spacial score (nSPS) is 23.7. The number of hydrogen-bond acceptors (Lipinski definition) is 2. The van der Waals surface area contributed by atoms with Gasteiger partial charge in [0, 0.05) is 16.2 Å². The second kappa shape index (κ2) is 5.19. The number of benzene rings is 1. The topological polar surface area (TPSA) is 41.1 Å². The van der Waals surface area contributed by atoms with E-state index in [0.29, 0.717) is 0 Å². The molecular formula is C13H17BrN2O. The SMILES string of the molecule is Cc1ccc(Br)cc1NC(=O)C1CCNC1C. The molecule has 1 aliphatic rings. The highest BCUT2D eigenvalue weighted by Gasteiger charge is 2.29. The summed E-state index contributed by atoms with van der Waals surface area (Å²) in [7, 11) is 0. The predicted octanol–water partition coefficient (Wildman–Crippen LogP) is 2.69. The summed E-state index contributed by atoms with van der Waals surface area (Å²) >= 11 is 3.42. The van der Waals surface area contributed by atoms with Crippen LogP contribution in [0.15, 0.2) is 22.7 Å². The van der Waals surface area contributed by atoms with Gasteiger partial charge < -0.3 is 10.6 Å². The summed E-state index contributed by atoms with van der Waals surface area (Å²) in [5, 5.41) is 6.31. The first-order valence-electron chi connectivity index (χ1n) is 5.88. The zero-order valence-corrected chi connectivity index (χ0v) is 11.7. The van der Waals surface area contributed by atoms with Crippen LogP contribution >= 0.6 is 15.9 Å². The van der Waals surface area contributed by atoms with Gasteiger partial charge in [0.15, 0.2) is 0 Å². The number of halogens is 1. The third-order valence-electron chi connectivity index (χ3n) is 3.32. The number of amides is 1. The summed E-state index contributed by atoms with van der Waals surface area (Å²) in [6, 6.07) is 6.18. The fourth-order valence-electron chi connectivity index (χ4n) is 2.17. The van der Waals surface area contributed by atoms with Crippen LogP contribution < -0.4 is 10.6 Å². The molecule has 0 aromatic heterocycles. The summed E-state index contributed by atoms with van der Waals surface area (Å²) in [5.41, 5.74) is 1.98. The van der Waals surface area contributed by atoms with E-state index in [2.05, 4.69) is 33.5 Å². The molecule has 1 aliphatic heterocycles. The molecule has 2 rings (SSSR count). The van der Waals surface area contributed by atoms with Crippen LogP contribution in [0.2, 0.25) is 0 Å². The number of hydrogen-bond donors (Lipinski definition) is 2. The maximum atomic E-state index is 12.1. The van der Waals surface area contributed by atoms with Crippen LogP contribution in [-0.4, -0.2) is 18.5 Å². The van der Waals surface area contributed by atoms with E-state index in [4.69, 9.17) is 0 Å². The van der Waals surface area contributed by atoms with Crippen molar-refractivity contribution in [3.63, 3.8) is 0 Å². The Bertz CT molecular complexity index is 433. The minimum Gasteiger partial charge on any atom is -0.326 e. The van der Waals surface area contributed by atoms with Gasteiger partial charge in [-0.05, 0) is 44.5 Å². The number of rotatable bonds is 2. The van der Waals surface area contributed by atoms with E-state index in [1.54, 1.807) is 0 Å². The van der Waals surface area contributed by atoms with Crippen molar-refractivity contribution in [1.29, 1.82) is 0 Å². The van der Waals surface area contributed by atoms with Gasteiger partial charge in [-0.25, -0.2) is 0 Å². The third kappa shape index (κ3) is 2.87. The van der Waals surface area contributed by atoms with Crippen molar-refractivity contribution < 1.29 is 4.79 Å². The molecule has 0 aliphatic carbocycles. The summed E-state index contributed by atoms with van der Waals surface area (Å²) in [4.78, 5) is 12.1. The summed E-state index contributed by atoms with van der Waals surface area (Å²) < 4.78 is 0.982. The highest BCUT2D eigenvalue weighted by Crippen LogP contribution is 2.23. The molecule has 1 amide bonds. The van der Waals surface area contributed by atoms with E-state index >= 15 is 0 Å². The zero-order valence-electron chi connectivity index (χ0n) is 10.1. The molecule has 2 unspecified atom stereocenters. The van der Waals surface area contributed by atoms with E-state index in [-0.39, 0.29) is 17.9 Å². The Morgan fingerprint density at radius 3 is 2.94 bits per heavy atom. The lowest BCUT2D eigenvalue weighted by atomic mass is 10.0. The van der Waals surface area contributed by atoms with Gasteiger partial charge in [0.2, 0.25) is 5.91 Å². The van der Waals surface area contributed by atoms with Crippen molar-refractivity contribution >= 4 is 27.5 Å². The molecule has 1 aromatic rings. The van der Waals surface area contributed by atoms with Crippen LogP contribution in [0.3, 0.4) is 0 Å². The lowest BCUT2D eigenvalue weighted by Gasteiger charge is -2.16. The number of anilines is 1. The van der Waals surface area contributed by atoms with Crippen LogP contribution in [0.4, 0.5) is 5.69 Å². The maximum absolute atomic E-state index is 12.1. The quantitative estimate of drug-likeness (QED) is 0.881. The van der Waals surface area contributed by atoms with Gasteiger partial charge in [0.25, 0.3) is 0 Å². The number of nitrogens with one attached hydrogen (secondary N) is 2. The second-order valence-electron chi connectivity index (χ2n) is 4.59. The van der Waals surface area contributed by atoms with Crippen molar-refractivity contribution in [3.8, 4) is 0 Å². The molecular weight excluding hydrogens is 280 g/mol. The molecule has 2 N–H and O–H groups in total. The lowest BCUT2D eigenvalue weighted by Crippen LogP contribution is -2.32. The van der Waals surface area contributed by atoms with Gasteiger partial charge in [-0.15, -0.1) is 0 Å².